The Morgan fingerprint density at radius 2 is 1.96 bits per heavy atom. The smallest absolute Gasteiger partial charge is 0.243 e. The molecular weight excluding hydrogens is 356 g/mol. The van der Waals surface area contributed by atoms with Crippen molar-refractivity contribution in [3.05, 3.63) is 0 Å². The van der Waals surface area contributed by atoms with Crippen molar-refractivity contribution in [3.63, 3.8) is 0 Å². The van der Waals surface area contributed by atoms with E-state index in [4.69, 9.17) is 0 Å². The molecule has 7 nitrogen and oxygen atoms in total. The Morgan fingerprint density at radius 1 is 1.29 bits per heavy atom. The van der Waals surface area contributed by atoms with Crippen LogP contribution in [0.3, 0.4) is 0 Å². The highest BCUT2D eigenvalue weighted by Gasteiger charge is 2.30. The van der Waals surface area contributed by atoms with Crippen molar-refractivity contribution >= 4 is 17.7 Å². The standard InChI is InChI=1S/C21H36N4O3/c1-14(2)8-9-18(26)25-17(12-21(3,4)5)20(28)24-16(13-22)11-15-7-6-10-23-19(15)27/h14-17H,6-12H2,1-5H3,(H,23,27)(H,24,28)(H,25,26)/t15-,16-,17-/m0/s1. The van der Waals surface area contributed by atoms with Gasteiger partial charge in [0, 0.05) is 18.9 Å². The fourth-order valence-corrected chi connectivity index (χ4v) is 3.27. The first-order valence-corrected chi connectivity index (χ1v) is 10.3. The third-order valence-corrected chi connectivity index (χ3v) is 4.81. The third kappa shape index (κ3) is 9.20. The van der Waals surface area contributed by atoms with E-state index < -0.39 is 12.1 Å². The molecule has 1 heterocycles. The SMILES string of the molecule is CC(C)CCC(=O)N[C@@H](CC(C)(C)C)C(=O)N[C@H](C#N)C[C@@H]1CCCNC1=O. The lowest BCUT2D eigenvalue weighted by Gasteiger charge is -2.28. The number of nitrogens with zero attached hydrogens (tertiary/aromatic N) is 1. The summed E-state index contributed by atoms with van der Waals surface area (Å²) >= 11 is 0. The van der Waals surface area contributed by atoms with Crippen LogP contribution in [-0.2, 0) is 14.4 Å². The van der Waals surface area contributed by atoms with Gasteiger partial charge in [-0.05, 0) is 43.4 Å². The molecule has 0 bridgehead atoms. The molecule has 0 aromatic rings. The molecule has 28 heavy (non-hydrogen) atoms. The van der Waals surface area contributed by atoms with E-state index >= 15 is 0 Å². The van der Waals surface area contributed by atoms with Crippen molar-refractivity contribution in [2.75, 3.05) is 6.54 Å². The minimum Gasteiger partial charge on any atom is -0.356 e. The topological polar surface area (TPSA) is 111 Å². The summed E-state index contributed by atoms with van der Waals surface area (Å²) in [6.07, 6.45) is 3.48. The van der Waals surface area contributed by atoms with Gasteiger partial charge in [0.25, 0.3) is 0 Å². The monoisotopic (exact) mass is 392 g/mol. The molecule has 1 rings (SSSR count). The average Bonchev–Trinajstić information content (AvgIpc) is 2.59. The maximum Gasteiger partial charge on any atom is 0.243 e. The summed E-state index contributed by atoms with van der Waals surface area (Å²) in [5.74, 6) is -0.437. The zero-order valence-electron chi connectivity index (χ0n) is 17.9. The quantitative estimate of drug-likeness (QED) is 0.559. The summed E-state index contributed by atoms with van der Waals surface area (Å²) in [5.41, 5.74) is -0.168. The van der Waals surface area contributed by atoms with E-state index in [0.29, 0.717) is 25.3 Å². The maximum atomic E-state index is 12.8. The van der Waals surface area contributed by atoms with Crippen molar-refractivity contribution in [2.45, 2.75) is 85.2 Å². The highest BCUT2D eigenvalue weighted by Crippen LogP contribution is 2.22. The first-order valence-electron chi connectivity index (χ1n) is 10.3. The molecule has 158 valence electrons. The summed E-state index contributed by atoms with van der Waals surface area (Å²) in [6.45, 7) is 10.8. The van der Waals surface area contributed by atoms with Gasteiger partial charge in [0.2, 0.25) is 17.7 Å². The molecule has 1 aliphatic heterocycles. The average molecular weight is 393 g/mol. The highest BCUT2D eigenvalue weighted by molar-refractivity contribution is 5.88. The molecule has 0 saturated carbocycles. The minimum atomic E-state index is -0.753. The van der Waals surface area contributed by atoms with Crippen molar-refractivity contribution in [2.24, 2.45) is 17.3 Å². The molecule has 3 amide bonds. The van der Waals surface area contributed by atoms with Crippen LogP contribution in [0.25, 0.3) is 0 Å². The van der Waals surface area contributed by atoms with Gasteiger partial charge in [0.15, 0.2) is 0 Å². The Balaban J connectivity index is 2.73. The highest BCUT2D eigenvalue weighted by atomic mass is 16.2. The molecule has 0 aliphatic carbocycles. The number of amides is 3. The molecule has 1 aliphatic rings. The van der Waals surface area contributed by atoms with Gasteiger partial charge >= 0.3 is 0 Å². The molecular formula is C21H36N4O3. The van der Waals surface area contributed by atoms with Crippen LogP contribution in [0.5, 0.6) is 0 Å². The number of hydrogen-bond acceptors (Lipinski definition) is 4. The largest absolute Gasteiger partial charge is 0.356 e. The van der Waals surface area contributed by atoms with Gasteiger partial charge in [0.05, 0.1) is 6.07 Å². The summed E-state index contributed by atoms with van der Waals surface area (Å²) in [4.78, 5) is 37.0. The molecule has 0 spiro atoms. The number of nitrogens with one attached hydrogen (secondary N) is 3. The second-order valence-electron chi connectivity index (χ2n) is 9.37. The predicted octanol–water partition coefficient (Wildman–Crippen LogP) is 2.27. The molecule has 0 radical (unpaired) electrons. The first-order chi connectivity index (χ1) is 13.0. The molecule has 3 N–H and O–H groups in total. The van der Waals surface area contributed by atoms with E-state index in [1.807, 2.05) is 34.6 Å². The van der Waals surface area contributed by atoms with Crippen LogP contribution in [0.4, 0.5) is 0 Å². The van der Waals surface area contributed by atoms with E-state index in [1.54, 1.807) is 0 Å². The van der Waals surface area contributed by atoms with Crippen LogP contribution < -0.4 is 16.0 Å². The fraction of sp³-hybridized carbons (Fsp3) is 0.810. The van der Waals surface area contributed by atoms with E-state index in [9.17, 15) is 19.6 Å². The Bertz CT molecular complexity index is 589. The summed E-state index contributed by atoms with van der Waals surface area (Å²) in [5, 5.41) is 17.8. The molecule has 7 heteroatoms. The van der Waals surface area contributed by atoms with Crippen LogP contribution >= 0.6 is 0 Å². The van der Waals surface area contributed by atoms with E-state index in [-0.39, 0.29) is 35.5 Å². The molecule has 0 unspecified atom stereocenters. The Morgan fingerprint density at radius 3 is 2.50 bits per heavy atom. The zero-order valence-corrected chi connectivity index (χ0v) is 17.9. The van der Waals surface area contributed by atoms with Gasteiger partial charge < -0.3 is 16.0 Å². The van der Waals surface area contributed by atoms with Crippen LogP contribution in [0, 0.1) is 28.6 Å². The number of carbonyl (C=O) groups excluding carboxylic acids is 3. The van der Waals surface area contributed by atoms with E-state index in [0.717, 1.165) is 19.3 Å². The van der Waals surface area contributed by atoms with Crippen LogP contribution in [0.2, 0.25) is 0 Å². The molecule has 3 atom stereocenters. The lowest BCUT2D eigenvalue weighted by atomic mass is 9.87. The van der Waals surface area contributed by atoms with Crippen LogP contribution in [-0.4, -0.2) is 36.3 Å². The normalized spacial score (nSPS) is 19.3. The van der Waals surface area contributed by atoms with Crippen molar-refractivity contribution in [1.82, 2.24) is 16.0 Å². The van der Waals surface area contributed by atoms with E-state index in [1.165, 1.54) is 0 Å². The number of nitriles is 1. The Labute approximate surface area is 169 Å². The van der Waals surface area contributed by atoms with Gasteiger partial charge in [-0.1, -0.05) is 34.6 Å². The second kappa shape index (κ2) is 11.0. The van der Waals surface area contributed by atoms with Gasteiger partial charge in [-0.25, -0.2) is 0 Å². The third-order valence-electron chi connectivity index (χ3n) is 4.81. The number of hydrogen-bond donors (Lipinski definition) is 3. The second-order valence-corrected chi connectivity index (χ2v) is 9.37. The van der Waals surface area contributed by atoms with Gasteiger partial charge in [-0.15, -0.1) is 0 Å². The first kappa shape index (κ1) is 23.9. The predicted molar refractivity (Wildman–Crippen MR) is 108 cm³/mol. The van der Waals surface area contributed by atoms with Crippen molar-refractivity contribution < 1.29 is 14.4 Å². The number of rotatable bonds is 9. The number of piperidine rings is 1. The fourth-order valence-electron chi connectivity index (χ4n) is 3.27. The maximum absolute atomic E-state index is 12.8. The Kier molecular flexibility index (Phi) is 9.44. The summed E-state index contributed by atoms with van der Waals surface area (Å²) in [6, 6.07) is 0.636. The van der Waals surface area contributed by atoms with Crippen molar-refractivity contribution in [3.8, 4) is 6.07 Å². The van der Waals surface area contributed by atoms with Crippen molar-refractivity contribution in [1.29, 1.82) is 5.26 Å². The van der Waals surface area contributed by atoms with E-state index in [2.05, 4.69) is 22.0 Å². The zero-order chi connectivity index (χ0) is 21.3. The van der Waals surface area contributed by atoms with Crippen LogP contribution in [0.15, 0.2) is 0 Å². The summed E-state index contributed by atoms with van der Waals surface area (Å²) in [7, 11) is 0. The van der Waals surface area contributed by atoms with Crippen LogP contribution in [0.1, 0.15) is 73.1 Å². The lowest BCUT2D eigenvalue weighted by molar-refractivity contribution is -0.130. The molecule has 0 aromatic heterocycles. The minimum absolute atomic E-state index is 0.0611. The molecule has 1 fully saturated rings. The molecule has 1 saturated heterocycles. The van der Waals surface area contributed by atoms with Gasteiger partial charge in [0.1, 0.15) is 12.1 Å². The Hall–Kier alpha value is -2.10. The summed E-state index contributed by atoms with van der Waals surface area (Å²) < 4.78 is 0. The molecule has 0 aromatic carbocycles. The van der Waals surface area contributed by atoms with Gasteiger partial charge in [-0.2, -0.15) is 5.26 Å². The lowest BCUT2D eigenvalue weighted by Crippen LogP contribution is -2.51. The van der Waals surface area contributed by atoms with Gasteiger partial charge in [-0.3, -0.25) is 14.4 Å². The number of carbonyl (C=O) groups is 3.